The van der Waals surface area contributed by atoms with E-state index in [0.29, 0.717) is 12.6 Å². The van der Waals surface area contributed by atoms with Gasteiger partial charge in [0.15, 0.2) is 5.82 Å². The quantitative estimate of drug-likeness (QED) is 0.814. The zero-order chi connectivity index (χ0) is 16.4. The van der Waals surface area contributed by atoms with Crippen LogP contribution in [0.15, 0.2) is 17.9 Å². The van der Waals surface area contributed by atoms with Crippen LogP contribution < -0.4 is 0 Å². The van der Waals surface area contributed by atoms with Crippen molar-refractivity contribution in [3.63, 3.8) is 0 Å². The van der Waals surface area contributed by atoms with Gasteiger partial charge in [0, 0.05) is 12.6 Å². The molecule has 1 saturated carbocycles. The van der Waals surface area contributed by atoms with Crippen LogP contribution in [0, 0.1) is 5.92 Å². The molecule has 0 spiro atoms. The highest BCUT2D eigenvalue weighted by atomic mass is 31.1. The molecule has 3 rings (SSSR count). The van der Waals surface area contributed by atoms with Crippen LogP contribution in [0.3, 0.4) is 0 Å². The maximum Gasteiger partial charge on any atom is 0.163 e. The van der Waals surface area contributed by atoms with Gasteiger partial charge in [-0.1, -0.05) is 6.58 Å². The zero-order valence-electron chi connectivity index (χ0n) is 13.9. The molecule has 3 atom stereocenters. The lowest BCUT2D eigenvalue weighted by molar-refractivity contribution is 0.275. The molecule has 0 aromatic carbocycles. The number of fused-ring (bicyclic) bond motifs is 1. The number of β-amino-alcohol motifs (C(OH)–C–C–N with tert-alkyl or cyclic N) is 1. The summed E-state index contributed by atoms with van der Waals surface area (Å²) in [4.78, 5) is 11.0. The Bertz CT molecular complexity index is 637. The van der Waals surface area contributed by atoms with Crippen molar-refractivity contribution < 1.29 is 5.11 Å². The highest BCUT2D eigenvalue weighted by Crippen LogP contribution is 2.41. The summed E-state index contributed by atoms with van der Waals surface area (Å²) in [5.74, 6) is 1.74. The molecule has 1 N–H and O–H groups in total. The summed E-state index contributed by atoms with van der Waals surface area (Å²) in [6, 6.07) is 0.503. The van der Waals surface area contributed by atoms with Crippen molar-refractivity contribution in [1.29, 1.82) is 0 Å². The number of aliphatic hydroxyl groups excluding tert-OH is 1. The summed E-state index contributed by atoms with van der Waals surface area (Å²) in [5.41, 5.74) is 1.67. The SMILES string of the molecule is C=C1c2ncn(C3CCC(CC[PH](=C)C)C3)c2N=CN1CCO. The first kappa shape index (κ1) is 16.5. The average molecular weight is 334 g/mol. The Morgan fingerprint density at radius 1 is 1.43 bits per heavy atom. The molecule has 3 unspecified atom stereocenters. The molecule has 2 heterocycles. The van der Waals surface area contributed by atoms with E-state index in [2.05, 4.69) is 34.1 Å². The number of aromatic nitrogens is 2. The molecule has 1 aromatic heterocycles. The van der Waals surface area contributed by atoms with Gasteiger partial charge < -0.3 is 14.6 Å². The van der Waals surface area contributed by atoms with Crippen LogP contribution in [-0.2, 0) is 0 Å². The standard InChI is InChI=1S/C17H27N4OP/c1-13-16-17(19-11-20(13)7-8-22)21(12-18-16)15-5-4-14(10-15)6-9-23(2)3/h11-12,14-15,22-23H,1-2,4-10H2,3H3. The number of aliphatic hydroxyl groups is 1. The third kappa shape index (κ3) is 3.46. The largest absolute Gasteiger partial charge is 0.395 e. The van der Waals surface area contributed by atoms with Crippen LogP contribution in [-0.4, -0.2) is 58.2 Å². The van der Waals surface area contributed by atoms with Crippen LogP contribution in [0.2, 0.25) is 0 Å². The van der Waals surface area contributed by atoms with Crippen molar-refractivity contribution in [1.82, 2.24) is 14.5 Å². The number of hydrogen-bond donors (Lipinski definition) is 1. The fourth-order valence-corrected chi connectivity index (χ4v) is 4.50. The van der Waals surface area contributed by atoms with E-state index >= 15 is 0 Å². The van der Waals surface area contributed by atoms with Crippen LogP contribution in [0.5, 0.6) is 0 Å². The second kappa shape index (κ2) is 7.06. The maximum atomic E-state index is 9.11. The molecular formula is C17H27N4OP. The molecular weight excluding hydrogens is 307 g/mol. The molecule has 0 bridgehead atoms. The monoisotopic (exact) mass is 334 g/mol. The van der Waals surface area contributed by atoms with Crippen molar-refractivity contribution in [2.45, 2.75) is 31.7 Å². The Kier molecular flexibility index (Phi) is 5.08. The molecule has 1 aliphatic heterocycles. The second-order valence-electron chi connectivity index (χ2n) is 6.76. The van der Waals surface area contributed by atoms with Crippen molar-refractivity contribution in [3.05, 3.63) is 18.6 Å². The van der Waals surface area contributed by atoms with Gasteiger partial charge in [0.2, 0.25) is 0 Å². The molecule has 6 heteroatoms. The lowest BCUT2D eigenvalue weighted by atomic mass is 10.1. The minimum absolute atomic E-state index is 0.0819. The van der Waals surface area contributed by atoms with Gasteiger partial charge in [-0.2, -0.15) is 0 Å². The van der Waals surface area contributed by atoms with E-state index in [1.165, 1.54) is 31.8 Å². The van der Waals surface area contributed by atoms with Gasteiger partial charge in [-0.3, -0.25) is 0 Å². The molecule has 126 valence electrons. The highest BCUT2D eigenvalue weighted by Gasteiger charge is 2.30. The van der Waals surface area contributed by atoms with Crippen molar-refractivity contribution in [3.8, 4) is 0 Å². The van der Waals surface area contributed by atoms with Crippen molar-refractivity contribution in [2.24, 2.45) is 10.9 Å². The predicted octanol–water partition coefficient (Wildman–Crippen LogP) is 2.83. The molecule has 0 amide bonds. The lowest BCUT2D eigenvalue weighted by Crippen LogP contribution is -2.25. The Morgan fingerprint density at radius 3 is 3.00 bits per heavy atom. The summed E-state index contributed by atoms with van der Waals surface area (Å²) in [6.07, 6.45) is 14.2. The zero-order valence-corrected chi connectivity index (χ0v) is 14.9. The lowest BCUT2D eigenvalue weighted by Gasteiger charge is -2.24. The summed E-state index contributed by atoms with van der Waals surface area (Å²) in [7, 11) is -0.355. The summed E-state index contributed by atoms with van der Waals surface area (Å²) >= 11 is 0. The number of hydrogen-bond acceptors (Lipinski definition) is 4. The van der Waals surface area contributed by atoms with Crippen molar-refractivity contribution in [2.75, 3.05) is 26.0 Å². The van der Waals surface area contributed by atoms with E-state index in [9.17, 15) is 0 Å². The van der Waals surface area contributed by atoms with Crippen LogP contribution in [0.4, 0.5) is 5.82 Å². The van der Waals surface area contributed by atoms with Gasteiger partial charge in [0.1, 0.15) is 5.69 Å². The number of nitrogens with zero attached hydrogens (tertiary/aromatic N) is 4. The number of imidazole rings is 1. The third-order valence-electron chi connectivity index (χ3n) is 4.93. The van der Waals surface area contributed by atoms with E-state index in [1.807, 2.05) is 11.2 Å². The molecule has 23 heavy (non-hydrogen) atoms. The topological polar surface area (TPSA) is 53.7 Å². The third-order valence-corrected chi connectivity index (χ3v) is 6.08. The highest BCUT2D eigenvalue weighted by molar-refractivity contribution is 7.54. The molecule has 5 nitrogen and oxygen atoms in total. The normalized spacial score (nSPS) is 25.0. The summed E-state index contributed by atoms with van der Waals surface area (Å²) in [5, 5.41) is 9.11. The van der Waals surface area contributed by atoms with E-state index in [4.69, 9.17) is 5.11 Å². The van der Waals surface area contributed by atoms with Gasteiger partial charge in [-0.05, 0) is 44.4 Å². The first-order valence-electron chi connectivity index (χ1n) is 8.42. The first-order chi connectivity index (χ1) is 11.1. The Labute approximate surface area is 139 Å². The van der Waals surface area contributed by atoms with Gasteiger partial charge in [0.05, 0.1) is 25.0 Å². The first-order valence-corrected chi connectivity index (χ1v) is 10.8. The second-order valence-corrected chi connectivity index (χ2v) is 9.18. The van der Waals surface area contributed by atoms with E-state index < -0.39 is 0 Å². The minimum atomic E-state index is -0.355. The average Bonchev–Trinajstić information content (AvgIpc) is 3.14. The molecule has 2 aliphatic rings. The Balaban J connectivity index is 1.71. The van der Waals surface area contributed by atoms with Crippen LogP contribution in [0.25, 0.3) is 5.70 Å². The fourth-order valence-electron chi connectivity index (χ4n) is 3.60. The van der Waals surface area contributed by atoms with E-state index in [0.717, 1.165) is 23.1 Å². The van der Waals surface area contributed by atoms with E-state index in [-0.39, 0.29) is 14.2 Å². The fraction of sp³-hybridized carbons (Fsp3) is 0.588. The van der Waals surface area contributed by atoms with E-state index in [1.54, 1.807) is 6.34 Å². The van der Waals surface area contributed by atoms with Gasteiger partial charge in [-0.15, -0.1) is 13.8 Å². The van der Waals surface area contributed by atoms with Gasteiger partial charge >= 0.3 is 0 Å². The Morgan fingerprint density at radius 2 is 2.26 bits per heavy atom. The van der Waals surface area contributed by atoms with Crippen LogP contribution >= 0.6 is 7.55 Å². The number of rotatable bonds is 6. The molecule has 1 aromatic rings. The molecule has 1 aliphatic carbocycles. The van der Waals surface area contributed by atoms with Crippen LogP contribution in [0.1, 0.15) is 37.4 Å². The molecule has 0 saturated heterocycles. The smallest absolute Gasteiger partial charge is 0.163 e. The molecule has 0 radical (unpaired) electrons. The van der Waals surface area contributed by atoms with Crippen molar-refractivity contribution >= 4 is 31.7 Å². The number of aliphatic imine (C=N–C) groups is 1. The minimum Gasteiger partial charge on any atom is -0.395 e. The Hall–Kier alpha value is -1.32. The van der Waals surface area contributed by atoms with Gasteiger partial charge in [-0.25, -0.2) is 9.98 Å². The van der Waals surface area contributed by atoms with Gasteiger partial charge in [0.25, 0.3) is 0 Å². The predicted molar refractivity (Wildman–Crippen MR) is 100 cm³/mol. The summed E-state index contributed by atoms with van der Waals surface area (Å²) in [6.45, 7) is 6.98. The summed E-state index contributed by atoms with van der Waals surface area (Å²) < 4.78 is 2.23. The maximum absolute atomic E-state index is 9.11. The molecule has 1 fully saturated rings.